The summed E-state index contributed by atoms with van der Waals surface area (Å²) in [5.74, 6) is -0.470. The molecule has 138 valence electrons. The number of hydrogen-bond donors (Lipinski definition) is 4. The van der Waals surface area contributed by atoms with Crippen molar-refractivity contribution < 1.29 is 25.2 Å². The Labute approximate surface area is 148 Å². The van der Waals surface area contributed by atoms with Crippen LogP contribution < -0.4 is 0 Å². The highest BCUT2D eigenvalue weighted by Crippen LogP contribution is 2.67. The second kappa shape index (κ2) is 5.12. The Morgan fingerprint density at radius 3 is 2.44 bits per heavy atom. The zero-order valence-electron chi connectivity index (χ0n) is 15.3. The summed E-state index contributed by atoms with van der Waals surface area (Å²) in [7, 11) is 0. The first-order valence-electron chi connectivity index (χ1n) is 9.23. The molecule has 0 radical (unpaired) electrons. The van der Waals surface area contributed by atoms with E-state index < -0.39 is 23.9 Å². The number of phenolic OH excluding ortho intramolecular Hbond substituents is 2. The average molecular weight is 348 g/mol. The third kappa shape index (κ3) is 1.95. The summed E-state index contributed by atoms with van der Waals surface area (Å²) in [4.78, 5) is 0. The van der Waals surface area contributed by atoms with Crippen LogP contribution in [0.15, 0.2) is 6.07 Å². The van der Waals surface area contributed by atoms with Crippen LogP contribution in [0.1, 0.15) is 75.7 Å². The van der Waals surface area contributed by atoms with E-state index in [2.05, 4.69) is 13.8 Å². The van der Waals surface area contributed by atoms with Gasteiger partial charge in [-0.05, 0) is 35.8 Å². The second-order valence-corrected chi connectivity index (χ2v) is 9.04. The van der Waals surface area contributed by atoms with E-state index in [1.807, 2.05) is 19.9 Å². The Balaban J connectivity index is 2.05. The van der Waals surface area contributed by atoms with Gasteiger partial charge in [0.15, 0.2) is 17.8 Å². The summed E-state index contributed by atoms with van der Waals surface area (Å²) < 4.78 is 5.82. The number of aliphatic hydroxyl groups is 2. The third-order valence-corrected chi connectivity index (χ3v) is 6.90. The van der Waals surface area contributed by atoms with E-state index in [9.17, 15) is 20.4 Å². The summed E-state index contributed by atoms with van der Waals surface area (Å²) in [5, 5.41) is 43.4. The van der Waals surface area contributed by atoms with Crippen LogP contribution in [0.25, 0.3) is 0 Å². The lowest BCUT2D eigenvalue weighted by molar-refractivity contribution is -0.303. The highest BCUT2D eigenvalue weighted by atomic mass is 16.6. The van der Waals surface area contributed by atoms with E-state index in [-0.39, 0.29) is 28.7 Å². The largest absolute Gasteiger partial charge is 0.504 e. The van der Waals surface area contributed by atoms with Gasteiger partial charge < -0.3 is 25.2 Å². The Morgan fingerprint density at radius 1 is 1.12 bits per heavy atom. The number of fused-ring (bicyclic) bond motifs is 1. The molecule has 1 aromatic carbocycles. The van der Waals surface area contributed by atoms with Crippen LogP contribution in [0.3, 0.4) is 0 Å². The minimum atomic E-state index is -1.09. The highest BCUT2D eigenvalue weighted by molar-refractivity contribution is 5.61. The van der Waals surface area contributed by atoms with Gasteiger partial charge >= 0.3 is 0 Å². The van der Waals surface area contributed by atoms with Crippen LogP contribution in [0, 0.1) is 11.3 Å². The summed E-state index contributed by atoms with van der Waals surface area (Å²) >= 11 is 0. The molecule has 0 aromatic heterocycles. The molecule has 1 aromatic rings. The van der Waals surface area contributed by atoms with E-state index in [4.69, 9.17) is 4.74 Å². The first-order chi connectivity index (χ1) is 11.6. The van der Waals surface area contributed by atoms with Crippen molar-refractivity contribution in [3.63, 3.8) is 0 Å². The minimum Gasteiger partial charge on any atom is -0.504 e. The van der Waals surface area contributed by atoms with Crippen molar-refractivity contribution in [3.05, 3.63) is 22.8 Å². The molecule has 1 saturated carbocycles. The Hall–Kier alpha value is -1.30. The van der Waals surface area contributed by atoms with E-state index in [0.717, 1.165) is 12.8 Å². The van der Waals surface area contributed by atoms with Gasteiger partial charge in [-0.15, -0.1) is 0 Å². The number of phenols is 2. The molecule has 1 saturated heterocycles. The Bertz CT molecular complexity index is 725. The van der Waals surface area contributed by atoms with Crippen molar-refractivity contribution in [1.29, 1.82) is 0 Å². The van der Waals surface area contributed by atoms with Crippen molar-refractivity contribution in [2.45, 2.75) is 76.8 Å². The highest BCUT2D eigenvalue weighted by Gasteiger charge is 2.67. The molecule has 4 aliphatic rings. The van der Waals surface area contributed by atoms with Crippen LogP contribution in [-0.2, 0) is 10.2 Å². The number of aromatic hydroxyl groups is 2. The molecule has 1 spiro atoms. The van der Waals surface area contributed by atoms with Gasteiger partial charge in [-0.3, -0.25) is 0 Å². The van der Waals surface area contributed by atoms with Crippen molar-refractivity contribution >= 4 is 0 Å². The quantitative estimate of drug-likeness (QED) is 0.586. The van der Waals surface area contributed by atoms with Crippen LogP contribution in [-0.4, -0.2) is 32.8 Å². The molecule has 5 nitrogen and oxygen atoms in total. The predicted molar refractivity (Wildman–Crippen MR) is 92.5 cm³/mol. The predicted octanol–water partition coefficient (Wildman–Crippen LogP) is 3.05. The fourth-order valence-electron chi connectivity index (χ4n) is 5.92. The maximum Gasteiger partial charge on any atom is 0.165 e. The monoisotopic (exact) mass is 348 g/mol. The van der Waals surface area contributed by atoms with Crippen molar-refractivity contribution in [2.24, 2.45) is 11.3 Å². The molecular formula is C20H28O5. The Morgan fingerprint density at radius 2 is 1.80 bits per heavy atom. The van der Waals surface area contributed by atoms with Gasteiger partial charge in [-0.2, -0.15) is 0 Å². The van der Waals surface area contributed by atoms with Crippen molar-refractivity contribution in [2.75, 3.05) is 0 Å². The standard InChI is InChI=1S/C20H28O5/c1-9(2)10-8-11-12(14(22)13(10)21)20-7-5-6-19(3,4)17(20)15(23)16(11)25-18(20)24/h8-9,15-18,21-24H,5-7H2,1-4H3/t15?,16?,17?,18?,20-/m0/s1. The van der Waals surface area contributed by atoms with Crippen molar-refractivity contribution in [1.82, 2.24) is 0 Å². The third-order valence-electron chi connectivity index (χ3n) is 6.90. The van der Waals surface area contributed by atoms with E-state index >= 15 is 0 Å². The van der Waals surface area contributed by atoms with E-state index in [0.29, 0.717) is 23.1 Å². The summed E-state index contributed by atoms with van der Waals surface area (Å²) in [6.45, 7) is 8.10. The molecule has 5 atom stereocenters. The normalized spacial score (nSPS) is 38.5. The molecule has 25 heavy (non-hydrogen) atoms. The van der Waals surface area contributed by atoms with Crippen molar-refractivity contribution in [3.8, 4) is 11.5 Å². The molecule has 2 aliphatic carbocycles. The minimum absolute atomic E-state index is 0.0230. The lowest BCUT2D eigenvalue weighted by atomic mass is 9.46. The molecule has 2 bridgehead atoms. The van der Waals surface area contributed by atoms with Crippen LogP contribution in [0.4, 0.5) is 0 Å². The molecule has 4 unspecified atom stereocenters. The molecule has 2 fully saturated rings. The first kappa shape index (κ1) is 17.1. The van der Waals surface area contributed by atoms with Crippen LogP contribution in [0.5, 0.6) is 11.5 Å². The Kier molecular flexibility index (Phi) is 3.51. The zero-order chi connectivity index (χ0) is 18.3. The molecule has 5 rings (SSSR count). The van der Waals surface area contributed by atoms with Gasteiger partial charge in [0.05, 0.1) is 11.5 Å². The summed E-state index contributed by atoms with van der Waals surface area (Å²) in [5.41, 5.74) is 0.850. The summed E-state index contributed by atoms with van der Waals surface area (Å²) in [6.07, 6.45) is -0.0799. The van der Waals surface area contributed by atoms with E-state index in [1.165, 1.54) is 0 Å². The summed E-state index contributed by atoms with van der Waals surface area (Å²) in [6, 6.07) is 1.84. The number of aliphatic hydroxyl groups excluding tert-OH is 2. The number of rotatable bonds is 1. The number of ether oxygens (including phenoxy) is 1. The van der Waals surface area contributed by atoms with Gasteiger partial charge in [0.1, 0.15) is 6.10 Å². The molecule has 4 N–H and O–H groups in total. The van der Waals surface area contributed by atoms with Crippen LogP contribution in [0.2, 0.25) is 0 Å². The molecule has 2 aliphatic heterocycles. The van der Waals surface area contributed by atoms with Gasteiger partial charge in [-0.1, -0.05) is 34.1 Å². The SMILES string of the molecule is CC(C)c1cc2c(c(O)c1O)[C@@]13CCCC(C)(C)C1C(O)C2OC3O. The fraction of sp³-hybridized carbons (Fsp3) is 0.700. The van der Waals surface area contributed by atoms with Crippen LogP contribution >= 0.6 is 0 Å². The average Bonchev–Trinajstić information content (AvgIpc) is 2.51. The lowest BCUT2D eigenvalue weighted by Crippen LogP contribution is -2.67. The van der Waals surface area contributed by atoms with E-state index in [1.54, 1.807) is 0 Å². The maximum atomic E-state index is 11.1. The van der Waals surface area contributed by atoms with Gasteiger partial charge in [0.25, 0.3) is 0 Å². The topological polar surface area (TPSA) is 90.2 Å². The molecule has 2 heterocycles. The smallest absolute Gasteiger partial charge is 0.165 e. The molecule has 0 amide bonds. The maximum absolute atomic E-state index is 11.1. The second-order valence-electron chi connectivity index (χ2n) is 9.04. The molecule has 5 heteroatoms. The van der Waals surface area contributed by atoms with Gasteiger partial charge in [-0.25, -0.2) is 0 Å². The first-order valence-corrected chi connectivity index (χ1v) is 9.23. The van der Waals surface area contributed by atoms with Gasteiger partial charge in [0, 0.05) is 17.0 Å². The molecular weight excluding hydrogens is 320 g/mol. The van der Waals surface area contributed by atoms with Gasteiger partial charge in [0.2, 0.25) is 0 Å². The number of hydrogen-bond acceptors (Lipinski definition) is 5. The zero-order valence-corrected chi connectivity index (χ0v) is 15.3. The number of benzene rings is 1. The lowest BCUT2D eigenvalue weighted by Gasteiger charge is -2.64. The fourth-order valence-corrected chi connectivity index (χ4v) is 5.92.